The zero-order valence-corrected chi connectivity index (χ0v) is 18.4. The number of carbonyl (C=O) groups excluding carboxylic acids is 1. The minimum Gasteiger partial charge on any atom is -0.336 e. The molecule has 2 amide bonds. The van der Waals surface area contributed by atoms with E-state index in [9.17, 15) is 13.2 Å². The first kappa shape index (κ1) is 21.7. The molecule has 0 saturated carbocycles. The number of nitrogens with zero attached hydrogens (tertiary/aromatic N) is 1. The van der Waals surface area contributed by atoms with Gasteiger partial charge in [0.2, 0.25) is 10.0 Å². The van der Waals surface area contributed by atoms with E-state index in [4.69, 9.17) is 0 Å². The summed E-state index contributed by atoms with van der Waals surface area (Å²) >= 11 is 1.45. The lowest BCUT2D eigenvalue weighted by Gasteiger charge is -2.18. The van der Waals surface area contributed by atoms with E-state index in [1.54, 1.807) is 4.90 Å². The smallest absolute Gasteiger partial charge is 0.322 e. The fraction of sp³-hybridized carbons (Fsp3) is 0.381. The number of para-hydroxylation sites is 1. The van der Waals surface area contributed by atoms with Crippen LogP contribution in [0.2, 0.25) is 0 Å². The molecule has 29 heavy (non-hydrogen) atoms. The van der Waals surface area contributed by atoms with Crippen LogP contribution in [0.4, 0.5) is 10.5 Å². The Morgan fingerprint density at radius 3 is 2.52 bits per heavy atom. The summed E-state index contributed by atoms with van der Waals surface area (Å²) in [7, 11) is -3.38. The summed E-state index contributed by atoms with van der Waals surface area (Å²) in [4.78, 5) is 14.5. The quantitative estimate of drug-likeness (QED) is 0.593. The molecule has 0 unspecified atom stereocenters. The van der Waals surface area contributed by atoms with Gasteiger partial charge >= 0.3 is 6.03 Å². The Labute approximate surface area is 177 Å². The Bertz CT molecular complexity index is 944. The molecule has 0 atom stereocenters. The molecule has 1 aliphatic heterocycles. The molecule has 156 valence electrons. The van der Waals surface area contributed by atoms with E-state index in [0.29, 0.717) is 24.8 Å². The highest BCUT2D eigenvalue weighted by Gasteiger charge is 2.23. The zero-order valence-electron chi connectivity index (χ0n) is 16.7. The third kappa shape index (κ3) is 5.98. The summed E-state index contributed by atoms with van der Waals surface area (Å²) < 4.78 is 27.4. The van der Waals surface area contributed by atoms with Crippen LogP contribution in [-0.4, -0.2) is 39.0 Å². The van der Waals surface area contributed by atoms with Crippen molar-refractivity contribution in [3.63, 3.8) is 0 Å². The topological polar surface area (TPSA) is 78.5 Å². The first-order chi connectivity index (χ1) is 13.9. The largest absolute Gasteiger partial charge is 0.336 e. The Morgan fingerprint density at radius 2 is 1.86 bits per heavy atom. The van der Waals surface area contributed by atoms with Crippen molar-refractivity contribution in [2.24, 2.45) is 0 Å². The number of thioether (sulfide) groups is 1. The molecule has 1 aliphatic rings. The van der Waals surface area contributed by atoms with Crippen molar-refractivity contribution in [1.82, 2.24) is 10.0 Å². The predicted molar refractivity (Wildman–Crippen MR) is 119 cm³/mol. The maximum Gasteiger partial charge on any atom is 0.322 e. The van der Waals surface area contributed by atoms with Gasteiger partial charge in [0, 0.05) is 30.3 Å². The van der Waals surface area contributed by atoms with E-state index < -0.39 is 10.0 Å². The molecule has 8 heteroatoms. The number of urea groups is 1. The standard InChI is InChI=1S/C21H27N3O3S2/c1-16(2)18-9-7-17(8-10-18)15-23-29(26,27)14-13-28-20-6-4-3-5-19(20)24-12-11-22-21(24)25/h3-10,16,23H,11-15H2,1-2H3,(H,22,25). The highest BCUT2D eigenvalue weighted by molar-refractivity contribution is 8.00. The van der Waals surface area contributed by atoms with Gasteiger partial charge in [0.05, 0.1) is 11.4 Å². The average Bonchev–Trinajstić information content (AvgIpc) is 3.13. The molecule has 1 fully saturated rings. The number of hydrogen-bond donors (Lipinski definition) is 2. The molecule has 6 nitrogen and oxygen atoms in total. The van der Waals surface area contributed by atoms with E-state index in [0.717, 1.165) is 16.1 Å². The van der Waals surface area contributed by atoms with Gasteiger partial charge in [-0.25, -0.2) is 17.9 Å². The van der Waals surface area contributed by atoms with Crippen LogP contribution in [0.5, 0.6) is 0 Å². The van der Waals surface area contributed by atoms with Crippen molar-refractivity contribution < 1.29 is 13.2 Å². The van der Waals surface area contributed by atoms with E-state index in [1.807, 2.05) is 48.5 Å². The van der Waals surface area contributed by atoms with Gasteiger partial charge in [-0.1, -0.05) is 50.2 Å². The summed E-state index contributed by atoms with van der Waals surface area (Å²) in [6.07, 6.45) is 0. The lowest BCUT2D eigenvalue weighted by molar-refractivity contribution is 0.252. The molecular weight excluding hydrogens is 406 g/mol. The number of anilines is 1. The Morgan fingerprint density at radius 1 is 1.14 bits per heavy atom. The van der Waals surface area contributed by atoms with Crippen LogP contribution < -0.4 is 14.9 Å². The number of sulfonamides is 1. The lowest BCUT2D eigenvalue weighted by Crippen LogP contribution is -2.28. The van der Waals surface area contributed by atoms with Crippen LogP contribution in [0.15, 0.2) is 53.4 Å². The molecule has 0 bridgehead atoms. The van der Waals surface area contributed by atoms with E-state index in [1.165, 1.54) is 17.3 Å². The number of benzene rings is 2. The maximum atomic E-state index is 12.4. The second-order valence-electron chi connectivity index (χ2n) is 7.24. The lowest BCUT2D eigenvalue weighted by atomic mass is 10.0. The van der Waals surface area contributed by atoms with Gasteiger partial charge in [-0.2, -0.15) is 0 Å². The first-order valence-corrected chi connectivity index (χ1v) is 12.3. The minimum atomic E-state index is -3.38. The van der Waals surface area contributed by atoms with E-state index >= 15 is 0 Å². The molecule has 0 aromatic heterocycles. The minimum absolute atomic E-state index is 0.0161. The van der Waals surface area contributed by atoms with Crippen molar-refractivity contribution >= 4 is 33.5 Å². The van der Waals surface area contributed by atoms with Crippen LogP contribution >= 0.6 is 11.8 Å². The summed E-state index contributed by atoms with van der Waals surface area (Å²) in [6, 6.07) is 15.5. The highest BCUT2D eigenvalue weighted by atomic mass is 32.2. The average molecular weight is 434 g/mol. The molecule has 0 aliphatic carbocycles. The van der Waals surface area contributed by atoms with E-state index in [-0.39, 0.29) is 18.3 Å². The van der Waals surface area contributed by atoms with Crippen LogP contribution in [0, 0.1) is 0 Å². The Hall–Kier alpha value is -2.03. The molecule has 0 radical (unpaired) electrons. The third-order valence-electron chi connectivity index (χ3n) is 4.77. The number of nitrogens with one attached hydrogen (secondary N) is 2. The second-order valence-corrected chi connectivity index (χ2v) is 10.3. The van der Waals surface area contributed by atoms with Crippen LogP contribution in [0.1, 0.15) is 30.9 Å². The van der Waals surface area contributed by atoms with Crippen molar-refractivity contribution in [2.75, 3.05) is 29.5 Å². The van der Waals surface area contributed by atoms with Gasteiger partial charge in [0.1, 0.15) is 0 Å². The molecule has 2 aromatic rings. The molecular formula is C21H27N3O3S2. The van der Waals surface area contributed by atoms with E-state index in [2.05, 4.69) is 23.9 Å². The second kappa shape index (κ2) is 9.65. The predicted octanol–water partition coefficient (Wildman–Crippen LogP) is 3.55. The molecule has 1 heterocycles. The fourth-order valence-corrected chi connectivity index (χ4v) is 5.51. The molecule has 1 saturated heterocycles. The van der Waals surface area contributed by atoms with Crippen molar-refractivity contribution in [3.05, 3.63) is 59.7 Å². The summed E-state index contributed by atoms with van der Waals surface area (Å²) in [5, 5.41) is 2.79. The number of amides is 2. The zero-order chi connectivity index (χ0) is 20.9. The SMILES string of the molecule is CC(C)c1ccc(CNS(=O)(=O)CCSc2ccccc2N2CCNC2=O)cc1. The van der Waals surface area contributed by atoms with Gasteiger partial charge in [0.25, 0.3) is 0 Å². The maximum absolute atomic E-state index is 12.4. The molecule has 2 aromatic carbocycles. The first-order valence-electron chi connectivity index (χ1n) is 9.69. The molecule has 2 N–H and O–H groups in total. The van der Waals surface area contributed by atoms with Crippen molar-refractivity contribution in [2.45, 2.75) is 31.2 Å². The monoisotopic (exact) mass is 433 g/mol. The normalized spacial score (nSPS) is 14.4. The number of rotatable bonds is 9. The van der Waals surface area contributed by atoms with Crippen LogP contribution in [-0.2, 0) is 16.6 Å². The van der Waals surface area contributed by atoms with Gasteiger partial charge in [0.15, 0.2) is 0 Å². The Kier molecular flexibility index (Phi) is 7.21. The van der Waals surface area contributed by atoms with Gasteiger partial charge in [-0.05, 0) is 29.2 Å². The van der Waals surface area contributed by atoms with Crippen LogP contribution in [0.25, 0.3) is 0 Å². The number of carbonyl (C=O) groups is 1. The summed E-state index contributed by atoms with van der Waals surface area (Å²) in [5.41, 5.74) is 3.00. The Balaban J connectivity index is 1.53. The molecule has 3 rings (SSSR count). The highest BCUT2D eigenvalue weighted by Crippen LogP contribution is 2.31. The van der Waals surface area contributed by atoms with Gasteiger partial charge in [-0.3, -0.25) is 4.90 Å². The van der Waals surface area contributed by atoms with Gasteiger partial charge in [-0.15, -0.1) is 11.8 Å². The summed E-state index contributed by atoms with van der Waals surface area (Å²) in [6.45, 7) is 5.78. The van der Waals surface area contributed by atoms with Crippen molar-refractivity contribution in [1.29, 1.82) is 0 Å². The van der Waals surface area contributed by atoms with Crippen LogP contribution in [0.3, 0.4) is 0 Å². The number of hydrogen-bond acceptors (Lipinski definition) is 4. The fourth-order valence-electron chi connectivity index (χ4n) is 3.05. The summed E-state index contributed by atoms with van der Waals surface area (Å²) in [5.74, 6) is 0.878. The van der Waals surface area contributed by atoms with Crippen molar-refractivity contribution in [3.8, 4) is 0 Å². The third-order valence-corrected chi connectivity index (χ3v) is 7.41. The molecule has 0 spiro atoms. The van der Waals surface area contributed by atoms with Gasteiger partial charge < -0.3 is 5.32 Å².